The van der Waals surface area contributed by atoms with Crippen molar-refractivity contribution < 1.29 is 14.6 Å². The summed E-state index contributed by atoms with van der Waals surface area (Å²) in [5.74, 6) is 0.122. The van der Waals surface area contributed by atoms with Gasteiger partial charge in [0.2, 0.25) is 0 Å². The number of anilines is 1. The van der Waals surface area contributed by atoms with Crippen LogP contribution < -0.4 is 10.1 Å². The number of amides is 1. The Morgan fingerprint density at radius 3 is 2.53 bits per heavy atom. The third-order valence-electron chi connectivity index (χ3n) is 4.33. The minimum atomic E-state index is -0.558. The highest BCUT2D eigenvalue weighted by Crippen LogP contribution is 2.33. The molecule has 1 amide bonds. The highest BCUT2D eigenvalue weighted by Gasteiger charge is 2.13. The molecule has 0 bridgehead atoms. The van der Waals surface area contributed by atoms with Gasteiger partial charge in [0.1, 0.15) is 29.7 Å². The molecule has 0 atom stereocenters. The first-order chi connectivity index (χ1) is 15.4. The molecule has 158 valence electrons. The Kier molecular flexibility index (Phi) is 7.87. The SMILES string of the molecule is N#C/C(=C\c1cc(Br)c(OCc2ccccc2C#N)c(I)c1)C(=O)Nc1ccc(O)cc1. The van der Waals surface area contributed by atoms with Gasteiger partial charge in [0, 0.05) is 11.3 Å². The van der Waals surface area contributed by atoms with Gasteiger partial charge in [-0.3, -0.25) is 4.79 Å². The van der Waals surface area contributed by atoms with Crippen LogP contribution in [-0.2, 0) is 11.4 Å². The second-order valence-electron chi connectivity index (χ2n) is 6.54. The molecule has 0 radical (unpaired) electrons. The largest absolute Gasteiger partial charge is 0.508 e. The van der Waals surface area contributed by atoms with Crippen molar-refractivity contribution in [1.82, 2.24) is 0 Å². The van der Waals surface area contributed by atoms with E-state index in [-0.39, 0.29) is 17.9 Å². The molecule has 0 saturated heterocycles. The molecule has 0 unspecified atom stereocenters. The second kappa shape index (κ2) is 10.8. The van der Waals surface area contributed by atoms with Gasteiger partial charge in [0.15, 0.2) is 0 Å². The van der Waals surface area contributed by atoms with Gasteiger partial charge in [0.25, 0.3) is 5.91 Å². The van der Waals surface area contributed by atoms with Crippen molar-refractivity contribution in [2.75, 3.05) is 5.32 Å². The van der Waals surface area contributed by atoms with Crippen LogP contribution in [-0.4, -0.2) is 11.0 Å². The quantitative estimate of drug-likeness (QED) is 0.162. The molecule has 0 aliphatic rings. The van der Waals surface area contributed by atoms with Crippen LogP contribution in [0.2, 0.25) is 0 Å². The zero-order valence-corrected chi connectivity index (χ0v) is 20.2. The van der Waals surface area contributed by atoms with Crippen molar-refractivity contribution in [1.29, 1.82) is 10.5 Å². The Morgan fingerprint density at radius 1 is 1.16 bits per heavy atom. The van der Waals surface area contributed by atoms with Gasteiger partial charge >= 0.3 is 0 Å². The lowest BCUT2D eigenvalue weighted by Crippen LogP contribution is -2.13. The number of nitrogens with zero attached hydrogens (tertiary/aromatic N) is 2. The van der Waals surface area contributed by atoms with Crippen LogP contribution in [0.15, 0.2) is 70.7 Å². The molecule has 2 N–H and O–H groups in total. The summed E-state index contributed by atoms with van der Waals surface area (Å²) in [7, 11) is 0. The minimum absolute atomic E-state index is 0.0719. The van der Waals surface area contributed by atoms with E-state index in [1.807, 2.05) is 18.2 Å². The number of phenolic OH excluding ortho intramolecular Hbond substituents is 1. The molecule has 3 rings (SSSR count). The monoisotopic (exact) mass is 599 g/mol. The lowest BCUT2D eigenvalue weighted by Gasteiger charge is -2.12. The zero-order valence-electron chi connectivity index (χ0n) is 16.5. The number of nitriles is 2. The Hall–Kier alpha value is -3.34. The van der Waals surface area contributed by atoms with Crippen LogP contribution in [0.5, 0.6) is 11.5 Å². The molecule has 32 heavy (non-hydrogen) atoms. The number of carbonyl (C=O) groups excluding carboxylic acids is 1. The Labute approximate surface area is 207 Å². The molecule has 3 aromatic carbocycles. The summed E-state index contributed by atoms with van der Waals surface area (Å²) in [6.07, 6.45) is 1.48. The fourth-order valence-electron chi connectivity index (χ4n) is 2.76. The fourth-order valence-corrected chi connectivity index (χ4v) is 4.53. The third-order valence-corrected chi connectivity index (χ3v) is 5.72. The predicted molar refractivity (Wildman–Crippen MR) is 133 cm³/mol. The summed E-state index contributed by atoms with van der Waals surface area (Å²) < 4.78 is 7.35. The van der Waals surface area contributed by atoms with E-state index in [1.165, 1.54) is 18.2 Å². The maximum absolute atomic E-state index is 12.5. The average Bonchev–Trinajstić information content (AvgIpc) is 2.78. The summed E-state index contributed by atoms with van der Waals surface area (Å²) in [5, 5.41) is 30.6. The van der Waals surface area contributed by atoms with Crippen molar-refractivity contribution in [3.63, 3.8) is 0 Å². The number of nitrogens with one attached hydrogen (secondary N) is 1. The number of hydrogen-bond acceptors (Lipinski definition) is 5. The van der Waals surface area contributed by atoms with Gasteiger partial charge < -0.3 is 15.2 Å². The maximum atomic E-state index is 12.5. The Bertz CT molecular complexity index is 1250. The van der Waals surface area contributed by atoms with E-state index in [2.05, 4.69) is 49.9 Å². The second-order valence-corrected chi connectivity index (χ2v) is 8.56. The summed E-state index contributed by atoms with van der Waals surface area (Å²) in [6, 6.07) is 20.8. The van der Waals surface area contributed by atoms with Gasteiger partial charge in [-0.2, -0.15) is 10.5 Å². The molecule has 8 heteroatoms. The highest BCUT2D eigenvalue weighted by molar-refractivity contribution is 14.1. The lowest BCUT2D eigenvalue weighted by atomic mass is 10.1. The van der Waals surface area contributed by atoms with Crippen molar-refractivity contribution in [3.8, 4) is 23.6 Å². The molecular weight excluding hydrogens is 585 g/mol. The van der Waals surface area contributed by atoms with Crippen LogP contribution in [0.4, 0.5) is 5.69 Å². The van der Waals surface area contributed by atoms with E-state index in [1.54, 1.807) is 36.4 Å². The zero-order chi connectivity index (χ0) is 23.1. The average molecular weight is 600 g/mol. The molecule has 0 aliphatic heterocycles. The molecule has 0 heterocycles. The summed E-state index contributed by atoms with van der Waals surface area (Å²) in [6.45, 7) is 0.228. The number of hydrogen-bond donors (Lipinski definition) is 2. The van der Waals surface area contributed by atoms with Crippen molar-refractivity contribution in [2.45, 2.75) is 6.61 Å². The van der Waals surface area contributed by atoms with Crippen LogP contribution >= 0.6 is 38.5 Å². The smallest absolute Gasteiger partial charge is 0.266 e. The van der Waals surface area contributed by atoms with Gasteiger partial charge in [-0.15, -0.1) is 0 Å². The molecule has 0 aromatic heterocycles. The van der Waals surface area contributed by atoms with Gasteiger partial charge in [-0.05, 0) is 92.6 Å². The molecule has 3 aromatic rings. The Balaban J connectivity index is 1.78. The lowest BCUT2D eigenvalue weighted by molar-refractivity contribution is -0.112. The first-order valence-electron chi connectivity index (χ1n) is 9.23. The summed E-state index contributed by atoms with van der Waals surface area (Å²) in [5.41, 5.74) is 2.36. The molecule has 0 aliphatic carbocycles. The number of benzene rings is 3. The van der Waals surface area contributed by atoms with E-state index < -0.39 is 5.91 Å². The number of ether oxygens (including phenoxy) is 1. The first kappa shape index (κ1) is 23.3. The molecule has 6 nitrogen and oxygen atoms in total. The van der Waals surface area contributed by atoms with Crippen LogP contribution in [0.25, 0.3) is 6.08 Å². The molecule has 0 spiro atoms. The van der Waals surface area contributed by atoms with Crippen LogP contribution in [0.1, 0.15) is 16.7 Å². The molecule has 0 saturated carbocycles. The van der Waals surface area contributed by atoms with E-state index in [0.29, 0.717) is 27.0 Å². The topological polar surface area (TPSA) is 106 Å². The number of carbonyl (C=O) groups is 1. The predicted octanol–water partition coefficient (Wildman–Crippen LogP) is 5.76. The third kappa shape index (κ3) is 5.88. The first-order valence-corrected chi connectivity index (χ1v) is 11.1. The number of halogens is 2. The van der Waals surface area contributed by atoms with E-state index in [9.17, 15) is 20.4 Å². The summed E-state index contributed by atoms with van der Waals surface area (Å²) >= 11 is 5.60. The summed E-state index contributed by atoms with van der Waals surface area (Å²) in [4.78, 5) is 12.5. The van der Waals surface area contributed by atoms with E-state index in [4.69, 9.17) is 4.74 Å². The molecule has 0 fully saturated rings. The van der Waals surface area contributed by atoms with Crippen molar-refractivity contribution >= 4 is 56.2 Å². The van der Waals surface area contributed by atoms with E-state index >= 15 is 0 Å². The minimum Gasteiger partial charge on any atom is -0.508 e. The normalized spacial score (nSPS) is 10.7. The molecular formula is C24H15BrIN3O3. The Morgan fingerprint density at radius 2 is 1.88 bits per heavy atom. The maximum Gasteiger partial charge on any atom is 0.266 e. The number of aromatic hydroxyl groups is 1. The van der Waals surface area contributed by atoms with E-state index in [0.717, 1.165) is 9.13 Å². The fraction of sp³-hybridized carbons (Fsp3) is 0.0417. The van der Waals surface area contributed by atoms with Gasteiger partial charge in [-0.1, -0.05) is 18.2 Å². The number of rotatable bonds is 6. The standard InChI is InChI=1S/C24H15BrIN3O3/c25-21-10-15(9-18(13-28)24(31)29-19-5-7-20(30)8-6-19)11-22(26)23(21)32-14-17-4-2-1-3-16(17)12-27/h1-11,30H,14H2,(H,29,31)/b18-9+. The van der Waals surface area contributed by atoms with Crippen LogP contribution in [0.3, 0.4) is 0 Å². The van der Waals surface area contributed by atoms with Gasteiger partial charge in [0.05, 0.1) is 19.7 Å². The van der Waals surface area contributed by atoms with Gasteiger partial charge in [-0.25, -0.2) is 0 Å². The van der Waals surface area contributed by atoms with Crippen molar-refractivity contribution in [2.24, 2.45) is 0 Å². The van der Waals surface area contributed by atoms with Crippen LogP contribution in [0, 0.1) is 26.2 Å². The number of phenols is 1. The van der Waals surface area contributed by atoms with Crippen molar-refractivity contribution in [3.05, 3.63) is 91.0 Å². The highest BCUT2D eigenvalue weighted by atomic mass is 127.